The molecule has 0 saturated carbocycles. The van der Waals surface area contributed by atoms with Crippen molar-refractivity contribution in [1.82, 2.24) is 19.8 Å². The minimum absolute atomic E-state index is 0.0321. The first-order valence-electron chi connectivity index (χ1n) is 6.35. The minimum atomic E-state index is -0.329. The van der Waals surface area contributed by atoms with Crippen LogP contribution in [0.5, 0.6) is 0 Å². The molecule has 0 aliphatic rings. The van der Waals surface area contributed by atoms with E-state index in [0.717, 1.165) is 0 Å². The number of carbonyl (C=O) groups is 1. The van der Waals surface area contributed by atoms with Gasteiger partial charge in [-0.25, -0.2) is 4.68 Å². The van der Waals surface area contributed by atoms with E-state index in [-0.39, 0.29) is 11.2 Å². The van der Waals surface area contributed by atoms with E-state index in [1.165, 1.54) is 21.3 Å². The Morgan fingerprint density at radius 2 is 2.05 bits per heavy atom. The number of halogens is 2. The number of benzene rings is 1. The number of nitrogen functional groups attached to an aromatic ring is 1. The summed E-state index contributed by atoms with van der Waals surface area (Å²) in [7, 11) is 3.40. The summed E-state index contributed by atoms with van der Waals surface area (Å²) >= 11 is 13.4. The number of nitrogens with two attached hydrogens (primary N) is 1. The van der Waals surface area contributed by atoms with Crippen molar-refractivity contribution < 1.29 is 4.79 Å². The molecule has 6 nitrogen and oxygen atoms in total. The fraction of sp³-hybridized carbons (Fsp3) is 0.308. The van der Waals surface area contributed by atoms with E-state index in [1.54, 1.807) is 39.2 Å². The normalized spacial score (nSPS) is 12.2. The van der Waals surface area contributed by atoms with Crippen molar-refractivity contribution in [3.05, 3.63) is 28.2 Å². The van der Waals surface area contributed by atoms with Crippen LogP contribution in [-0.2, 0) is 4.79 Å². The topological polar surface area (TPSA) is 77.0 Å². The molecule has 2 aromatic rings. The van der Waals surface area contributed by atoms with Crippen LogP contribution in [0.4, 0.5) is 0 Å². The highest BCUT2D eigenvalue weighted by atomic mass is 35.5. The van der Waals surface area contributed by atoms with Gasteiger partial charge in [-0.15, -0.1) is 10.2 Å². The van der Waals surface area contributed by atoms with E-state index >= 15 is 0 Å². The number of aromatic nitrogens is 3. The van der Waals surface area contributed by atoms with Gasteiger partial charge in [-0.1, -0.05) is 35.0 Å². The summed E-state index contributed by atoms with van der Waals surface area (Å²) in [6, 6.07) is 5.01. The zero-order valence-corrected chi connectivity index (χ0v) is 14.6. The molecule has 2 rings (SSSR count). The molecule has 1 aromatic carbocycles. The summed E-state index contributed by atoms with van der Waals surface area (Å²) in [5.41, 5.74) is 0.586. The number of nitrogens with zero attached hydrogens (tertiary/aromatic N) is 4. The molecule has 1 amide bonds. The van der Waals surface area contributed by atoms with Gasteiger partial charge in [0.05, 0.1) is 10.3 Å². The molecule has 0 aliphatic carbocycles. The van der Waals surface area contributed by atoms with Crippen molar-refractivity contribution in [2.45, 2.75) is 17.3 Å². The standard InChI is InChI=1S/C13H15Cl2N5OS/c1-7(12(21)19(2)3)22-13-18-17-11(20(13)16)9-6-8(14)4-5-10(9)15/h4-7H,16H2,1-3H3/t7-/m1/s1. The van der Waals surface area contributed by atoms with Crippen LogP contribution in [0.1, 0.15) is 6.92 Å². The molecule has 22 heavy (non-hydrogen) atoms. The van der Waals surface area contributed by atoms with Crippen LogP contribution in [-0.4, -0.2) is 45.0 Å². The lowest BCUT2D eigenvalue weighted by molar-refractivity contribution is -0.127. The lowest BCUT2D eigenvalue weighted by atomic mass is 10.2. The average molecular weight is 360 g/mol. The quantitative estimate of drug-likeness (QED) is 0.670. The van der Waals surface area contributed by atoms with Gasteiger partial charge in [0.2, 0.25) is 11.1 Å². The Morgan fingerprint density at radius 3 is 2.68 bits per heavy atom. The van der Waals surface area contributed by atoms with E-state index in [2.05, 4.69) is 10.2 Å². The zero-order valence-electron chi connectivity index (χ0n) is 12.2. The van der Waals surface area contributed by atoms with Crippen LogP contribution in [0.3, 0.4) is 0 Å². The van der Waals surface area contributed by atoms with Gasteiger partial charge in [-0.3, -0.25) is 4.79 Å². The summed E-state index contributed by atoms with van der Waals surface area (Å²) in [5, 5.41) is 9.15. The number of thioether (sulfide) groups is 1. The molecule has 0 unspecified atom stereocenters. The van der Waals surface area contributed by atoms with Crippen LogP contribution < -0.4 is 5.84 Å². The molecule has 0 saturated heterocycles. The highest BCUT2D eigenvalue weighted by molar-refractivity contribution is 8.00. The fourth-order valence-electron chi connectivity index (χ4n) is 1.78. The number of rotatable bonds is 4. The highest BCUT2D eigenvalue weighted by Gasteiger charge is 2.21. The zero-order chi connectivity index (χ0) is 16.4. The molecule has 1 aromatic heterocycles. The van der Waals surface area contributed by atoms with Crippen molar-refractivity contribution >= 4 is 40.9 Å². The Morgan fingerprint density at radius 1 is 1.36 bits per heavy atom. The van der Waals surface area contributed by atoms with Crippen molar-refractivity contribution in [1.29, 1.82) is 0 Å². The lowest BCUT2D eigenvalue weighted by Gasteiger charge is -2.15. The van der Waals surface area contributed by atoms with E-state index in [9.17, 15) is 4.79 Å². The van der Waals surface area contributed by atoms with E-state index in [1.807, 2.05) is 0 Å². The Kier molecular flexibility index (Phi) is 5.20. The third-order valence-electron chi connectivity index (χ3n) is 2.90. The van der Waals surface area contributed by atoms with E-state index < -0.39 is 0 Å². The number of amides is 1. The van der Waals surface area contributed by atoms with E-state index in [4.69, 9.17) is 29.0 Å². The summed E-state index contributed by atoms with van der Waals surface area (Å²) in [6.07, 6.45) is 0. The van der Waals surface area contributed by atoms with Gasteiger partial charge in [0.15, 0.2) is 5.82 Å². The summed E-state index contributed by atoms with van der Waals surface area (Å²) < 4.78 is 1.31. The van der Waals surface area contributed by atoms with Crippen LogP contribution in [0.2, 0.25) is 10.0 Å². The fourth-order valence-corrected chi connectivity index (χ4v) is 3.07. The van der Waals surface area contributed by atoms with Crippen LogP contribution in [0.25, 0.3) is 11.4 Å². The summed E-state index contributed by atoms with van der Waals surface area (Å²) in [4.78, 5) is 13.4. The van der Waals surface area contributed by atoms with Gasteiger partial charge in [-0.2, -0.15) is 0 Å². The molecule has 0 spiro atoms. The number of carbonyl (C=O) groups excluding carboxylic acids is 1. The smallest absolute Gasteiger partial charge is 0.235 e. The number of hydrogen-bond acceptors (Lipinski definition) is 5. The third-order valence-corrected chi connectivity index (χ3v) is 4.51. The van der Waals surface area contributed by atoms with Crippen molar-refractivity contribution in [3.8, 4) is 11.4 Å². The average Bonchev–Trinajstić information content (AvgIpc) is 2.81. The molecule has 0 aliphatic heterocycles. The van der Waals surface area contributed by atoms with Crippen LogP contribution in [0, 0.1) is 0 Å². The van der Waals surface area contributed by atoms with Gasteiger partial charge < -0.3 is 10.7 Å². The van der Waals surface area contributed by atoms with Gasteiger partial charge >= 0.3 is 0 Å². The van der Waals surface area contributed by atoms with Gasteiger partial charge in [0.25, 0.3) is 0 Å². The predicted octanol–water partition coefficient (Wildman–Crippen LogP) is 2.53. The predicted molar refractivity (Wildman–Crippen MR) is 89.6 cm³/mol. The first-order chi connectivity index (χ1) is 10.3. The maximum absolute atomic E-state index is 11.9. The third kappa shape index (κ3) is 3.48. The Bertz CT molecular complexity index is 704. The Labute approximate surface area is 142 Å². The monoisotopic (exact) mass is 359 g/mol. The molecule has 118 valence electrons. The Balaban J connectivity index is 2.30. The molecule has 0 fully saturated rings. The van der Waals surface area contributed by atoms with Crippen LogP contribution in [0.15, 0.2) is 23.4 Å². The molecule has 2 N–H and O–H groups in total. The molecular formula is C13H15Cl2N5OS. The second-order valence-electron chi connectivity index (χ2n) is 4.79. The van der Waals surface area contributed by atoms with Gasteiger partial charge in [0, 0.05) is 24.7 Å². The first-order valence-corrected chi connectivity index (χ1v) is 7.98. The molecule has 0 bridgehead atoms. The van der Waals surface area contributed by atoms with Gasteiger partial charge in [-0.05, 0) is 25.1 Å². The lowest BCUT2D eigenvalue weighted by Crippen LogP contribution is -2.30. The van der Waals surface area contributed by atoms with Crippen molar-refractivity contribution in [2.75, 3.05) is 19.9 Å². The largest absolute Gasteiger partial charge is 0.348 e. The SMILES string of the molecule is C[C@@H](Sc1nnc(-c2cc(Cl)ccc2Cl)n1N)C(=O)N(C)C. The van der Waals surface area contributed by atoms with E-state index in [0.29, 0.717) is 26.6 Å². The van der Waals surface area contributed by atoms with Crippen LogP contribution >= 0.6 is 35.0 Å². The maximum atomic E-state index is 11.9. The first kappa shape index (κ1) is 16.9. The van der Waals surface area contributed by atoms with Gasteiger partial charge in [0.1, 0.15) is 0 Å². The van der Waals surface area contributed by atoms with Crippen molar-refractivity contribution in [2.24, 2.45) is 0 Å². The van der Waals surface area contributed by atoms with Crippen molar-refractivity contribution in [3.63, 3.8) is 0 Å². The molecule has 9 heteroatoms. The number of hydrogen-bond donors (Lipinski definition) is 1. The molecular weight excluding hydrogens is 345 g/mol. The molecule has 0 radical (unpaired) electrons. The summed E-state index contributed by atoms with van der Waals surface area (Å²) in [6.45, 7) is 1.79. The molecule has 1 heterocycles. The Hall–Kier alpha value is -1.44. The maximum Gasteiger partial charge on any atom is 0.235 e. The highest BCUT2D eigenvalue weighted by Crippen LogP contribution is 2.31. The minimum Gasteiger partial charge on any atom is -0.348 e. The molecule has 1 atom stereocenters. The second kappa shape index (κ2) is 6.76. The second-order valence-corrected chi connectivity index (χ2v) is 6.94. The summed E-state index contributed by atoms with van der Waals surface area (Å²) in [5.74, 6) is 6.38.